The highest BCUT2D eigenvalue weighted by atomic mass is 16.5. The van der Waals surface area contributed by atoms with Gasteiger partial charge in [-0.05, 0) is 55.5 Å². The Labute approximate surface area is 144 Å². The van der Waals surface area contributed by atoms with Gasteiger partial charge in [-0.25, -0.2) is 0 Å². The second-order valence-corrected chi connectivity index (χ2v) is 6.68. The highest BCUT2D eigenvalue weighted by Gasteiger charge is 2.12. The van der Waals surface area contributed by atoms with Crippen molar-refractivity contribution >= 4 is 5.69 Å². The second kappa shape index (κ2) is 7.82. The largest absolute Gasteiger partial charge is 0.388 e. The first-order valence-electron chi connectivity index (χ1n) is 8.80. The third-order valence-electron chi connectivity index (χ3n) is 4.80. The average Bonchev–Trinajstić information content (AvgIpc) is 2.61. The van der Waals surface area contributed by atoms with Crippen LogP contribution >= 0.6 is 0 Å². The maximum absolute atomic E-state index is 10.5. The Bertz CT molecular complexity index is 660. The van der Waals surface area contributed by atoms with Crippen molar-refractivity contribution in [3.05, 3.63) is 64.7 Å². The number of aryl methyl sites for hydroxylation is 3. The molecule has 3 heteroatoms. The highest BCUT2D eigenvalue weighted by molar-refractivity contribution is 5.48. The molecule has 128 valence electrons. The topological polar surface area (TPSA) is 32.7 Å². The smallest absolute Gasteiger partial charge is 0.0795 e. The predicted molar refractivity (Wildman–Crippen MR) is 98.7 cm³/mol. The molecule has 0 unspecified atom stereocenters. The minimum Gasteiger partial charge on any atom is -0.388 e. The van der Waals surface area contributed by atoms with Gasteiger partial charge in [-0.15, -0.1) is 0 Å². The molecule has 1 heterocycles. The normalized spacial score (nSPS) is 16.2. The van der Waals surface area contributed by atoms with Gasteiger partial charge in [0.2, 0.25) is 0 Å². The summed E-state index contributed by atoms with van der Waals surface area (Å²) >= 11 is 0. The summed E-state index contributed by atoms with van der Waals surface area (Å²) in [5, 5.41) is 10.5. The molecule has 0 radical (unpaired) electrons. The Morgan fingerprint density at radius 1 is 1.04 bits per heavy atom. The number of aliphatic hydroxyl groups is 1. The summed E-state index contributed by atoms with van der Waals surface area (Å²) in [7, 11) is 0. The lowest BCUT2D eigenvalue weighted by Gasteiger charge is -2.29. The summed E-state index contributed by atoms with van der Waals surface area (Å²) < 4.78 is 5.40. The van der Waals surface area contributed by atoms with Crippen molar-refractivity contribution in [3.63, 3.8) is 0 Å². The van der Waals surface area contributed by atoms with Crippen LogP contribution in [0.1, 0.15) is 34.8 Å². The standard InChI is InChI=1S/C21H27NO2/c1-16-3-9-20(17(2)15-16)21(23)10-6-18-4-7-19(8-5-18)22-11-13-24-14-12-22/h3-5,7-9,15,21,23H,6,10-14H2,1-2H3/t21-/m0/s1. The van der Waals surface area contributed by atoms with E-state index in [9.17, 15) is 5.11 Å². The molecular weight excluding hydrogens is 298 g/mol. The number of hydrogen-bond donors (Lipinski definition) is 1. The zero-order valence-corrected chi connectivity index (χ0v) is 14.7. The lowest BCUT2D eigenvalue weighted by molar-refractivity contribution is 0.122. The van der Waals surface area contributed by atoms with Crippen LogP contribution in [0.25, 0.3) is 0 Å². The van der Waals surface area contributed by atoms with E-state index in [4.69, 9.17) is 4.74 Å². The first-order chi connectivity index (χ1) is 11.6. The number of hydrogen-bond acceptors (Lipinski definition) is 3. The van der Waals surface area contributed by atoms with Gasteiger partial charge in [-0.2, -0.15) is 0 Å². The molecule has 1 fully saturated rings. The van der Waals surface area contributed by atoms with Crippen LogP contribution in [0.15, 0.2) is 42.5 Å². The third-order valence-corrected chi connectivity index (χ3v) is 4.80. The van der Waals surface area contributed by atoms with E-state index in [0.717, 1.165) is 44.7 Å². The van der Waals surface area contributed by atoms with Gasteiger partial charge in [0, 0.05) is 18.8 Å². The fourth-order valence-electron chi connectivity index (χ4n) is 3.35. The molecule has 3 rings (SSSR count). The summed E-state index contributed by atoms with van der Waals surface area (Å²) in [5.41, 5.74) is 5.99. The maximum Gasteiger partial charge on any atom is 0.0795 e. The third kappa shape index (κ3) is 4.16. The van der Waals surface area contributed by atoms with E-state index < -0.39 is 6.10 Å². The van der Waals surface area contributed by atoms with Crippen molar-refractivity contribution in [1.82, 2.24) is 0 Å². The molecule has 0 saturated carbocycles. The van der Waals surface area contributed by atoms with Crippen LogP contribution in [0.2, 0.25) is 0 Å². The van der Waals surface area contributed by atoms with Crippen molar-refractivity contribution in [2.24, 2.45) is 0 Å². The number of benzene rings is 2. The van der Waals surface area contributed by atoms with E-state index in [1.165, 1.54) is 22.4 Å². The van der Waals surface area contributed by atoms with Crippen LogP contribution < -0.4 is 4.90 Å². The minimum atomic E-state index is -0.399. The molecular formula is C21H27NO2. The van der Waals surface area contributed by atoms with Crippen LogP contribution in [0.3, 0.4) is 0 Å². The second-order valence-electron chi connectivity index (χ2n) is 6.68. The molecule has 1 atom stereocenters. The minimum absolute atomic E-state index is 0.399. The molecule has 1 N–H and O–H groups in total. The van der Waals surface area contributed by atoms with Gasteiger partial charge < -0.3 is 14.7 Å². The number of morpholine rings is 1. The SMILES string of the molecule is Cc1ccc([C@@H](O)CCc2ccc(N3CCOCC3)cc2)c(C)c1. The number of aliphatic hydroxyl groups excluding tert-OH is 1. The Morgan fingerprint density at radius 3 is 2.42 bits per heavy atom. The van der Waals surface area contributed by atoms with Crippen molar-refractivity contribution < 1.29 is 9.84 Å². The van der Waals surface area contributed by atoms with Crippen molar-refractivity contribution in [2.75, 3.05) is 31.2 Å². The zero-order valence-electron chi connectivity index (χ0n) is 14.7. The van der Waals surface area contributed by atoms with E-state index in [-0.39, 0.29) is 0 Å². The van der Waals surface area contributed by atoms with Crippen LogP contribution in [-0.2, 0) is 11.2 Å². The first kappa shape index (κ1) is 17.0. The van der Waals surface area contributed by atoms with Gasteiger partial charge in [-0.3, -0.25) is 0 Å². The average molecular weight is 325 g/mol. The van der Waals surface area contributed by atoms with Crippen molar-refractivity contribution in [1.29, 1.82) is 0 Å². The van der Waals surface area contributed by atoms with Crippen LogP contribution in [0.4, 0.5) is 5.69 Å². The quantitative estimate of drug-likeness (QED) is 0.907. The Kier molecular flexibility index (Phi) is 5.54. The number of rotatable bonds is 5. The molecule has 2 aromatic rings. The van der Waals surface area contributed by atoms with Gasteiger partial charge in [0.05, 0.1) is 19.3 Å². The van der Waals surface area contributed by atoms with Crippen LogP contribution in [-0.4, -0.2) is 31.4 Å². The van der Waals surface area contributed by atoms with Gasteiger partial charge in [0.15, 0.2) is 0 Å². The van der Waals surface area contributed by atoms with Gasteiger partial charge >= 0.3 is 0 Å². The maximum atomic E-state index is 10.5. The summed E-state index contributed by atoms with van der Waals surface area (Å²) in [6.07, 6.45) is 1.24. The van der Waals surface area contributed by atoms with Gasteiger partial charge in [0.1, 0.15) is 0 Å². The molecule has 0 amide bonds. The van der Waals surface area contributed by atoms with Crippen LogP contribution in [0, 0.1) is 13.8 Å². The van der Waals surface area contributed by atoms with E-state index in [0.29, 0.717) is 0 Å². The molecule has 0 spiro atoms. The Hall–Kier alpha value is -1.84. The lowest BCUT2D eigenvalue weighted by atomic mass is 9.96. The molecule has 1 saturated heterocycles. The first-order valence-corrected chi connectivity index (χ1v) is 8.80. The summed E-state index contributed by atoms with van der Waals surface area (Å²) in [4.78, 5) is 2.36. The van der Waals surface area contributed by atoms with E-state index in [1.807, 2.05) is 0 Å². The van der Waals surface area contributed by atoms with Crippen molar-refractivity contribution in [3.8, 4) is 0 Å². The molecule has 0 bridgehead atoms. The molecule has 1 aliphatic heterocycles. The lowest BCUT2D eigenvalue weighted by Crippen LogP contribution is -2.36. The fraction of sp³-hybridized carbons (Fsp3) is 0.429. The van der Waals surface area contributed by atoms with Gasteiger partial charge in [-0.1, -0.05) is 35.9 Å². The monoisotopic (exact) mass is 325 g/mol. The van der Waals surface area contributed by atoms with Crippen LogP contribution in [0.5, 0.6) is 0 Å². The Morgan fingerprint density at radius 2 is 1.75 bits per heavy atom. The number of nitrogens with zero attached hydrogens (tertiary/aromatic N) is 1. The summed E-state index contributed by atoms with van der Waals surface area (Å²) in [6, 6.07) is 15.0. The molecule has 0 aliphatic carbocycles. The fourth-order valence-corrected chi connectivity index (χ4v) is 3.35. The molecule has 1 aliphatic rings. The number of anilines is 1. The number of ether oxygens (including phenoxy) is 1. The van der Waals surface area contributed by atoms with E-state index in [2.05, 4.69) is 61.2 Å². The molecule has 0 aromatic heterocycles. The molecule has 2 aromatic carbocycles. The Balaban J connectivity index is 1.58. The van der Waals surface area contributed by atoms with E-state index in [1.54, 1.807) is 0 Å². The summed E-state index contributed by atoms with van der Waals surface area (Å²) in [6.45, 7) is 7.70. The highest BCUT2D eigenvalue weighted by Crippen LogP contribution is 2.24. The molecule has 24 heavy (non-hydrogen) atoms. The zero-order chi connectivity index (χ0) is 16.9. The predicted octanol–water partition coefficient (Wildman–Crippen LogP) is 3.81. The van der Waals surface area contributed by atoms with Crippen molar-refractivity contribution in [2.45, 2.75) is 32.8 Å². The molecule has 3 nitrogen and oxygen atoms in total. The van der Waals surface area contributed by atoms with E-state index >= 15 is 0 Å². The van der Waals surface area contributed by atoms with Gasteiger partial charge in [0.25, 0.3) is 0 Å². The summed E-state index contributed by atoms with van der Waals surface area (Å²) in [5.74, 6) is 0.